The molecule has 3 rings (SSSR count). The van der Waals surface area contributed by atoms with Gasteiger partial charge in [0.05, 0.1) is 17.3 Å². The minimum Gasteiger partial charge on any atom is -0.379 e. The highest BCUT2D eigenvalue weighted by atomic mass is 19.3. The summed E-state index contributed by atoms with van der Waals surface area (Å²) in [5, 5.41) is 0. The fourth-order valence-electron chi connectivity index (χ4n) is 4.43. The fraction of sp³-hybridized carbons (Fsp3) is 0.583. The number of hydrogen-bond acceptors (Lipinski definition) is 4. The largest absolute Gasteiger partial charge is 0.379 e. The molecular formula is C24H32F3N3O. The quantitative estimate of drug-likeness (QED) is 0.505. The van der Waals surface area contributed by atoms with Gasteiger partial charge in [-0.25, -0.2) is 23.1 Å². The van der Waals surface area contributed by atoms with Crippen molar-refractivity contribution in [2.45, 2.75) is 70.9 Å². The lowest BCUT2D eigenvalue weighted by atomic mass is 9.91. The Morgan fingerprint density at radius 2 is 1.84 bits per heavy atom. The van der Waals surface area contributed by atoms with Crippen LogP contribution in [-0.4, -0.2) is 29.2 Å². The van der Waals surface area contributed by atoms with Gasteiger partial charge in [0.25, 0.3) is 5.92 Å². The second-order valence-electron chi connectivity index (χ2n) is 9.30. The van der Waals surface area contributed by atoms with Crippen LogP contribution in [0.4, 0.5) is 19.0 Å². The van der Waals surface area contributed by atoms with Crippen molar-refractivity contribution in [3.63, 3.8) is 0 Å². The standard InChI is InChI=1S/C24H32F3N3O/c1-16(14-23(2,3)31-5)13-19-21(25)22(29-15-28-19)30-12-6-7-20(30)17-8-10-18(11-9-17)24(4,26)27/h8-11,15-16,20H,6-7,12-14H2,1-5H3. The van der Waals surface area contributed by atoms with Crippen molar-refractivity contribution in [3.8, 4) is 0 Å². The van der Waals surface area contributed by atoms with E-state index >= 15 is 4.39 Å². The third kappa shape index (κ3) is 5.56. The zero-order valence-electron chi connectivity index (χ0n) is 19.0. The van der Waals surface area contributed by atoms with Crippen molar-refractivity contribution >= 4 is 5.82 Å². The summed E-state index contributed by atoms with van der Waals surface area (Å²) in [5.41, 5.74) is 0.980. The Kier molecular flexibility index (Phi) is 6.94. The number of benzene rings is 1. The van der Waals surface area contributed by atoms with Crippen LogP contribution in [0.5, 0.6) is 0 Å². The Hall–Kier alpha value is -2.15. The smallest absolute Gasteiger partial charge is 0.270 e. The predicted octanol–water partition coefficient (Wildman–Crippen LogP) is 6.06. The van der Waals surface area contributed by atoms with Gasteiger partial charge in [0.15, 0.2) is 11.6 Å². The molecule has 1 saturated heterocycles. The topological polar surface area (TPSA) is 38.3 Å². The first-order chi connectivity index (χ1) is 14.5. The van der Waals surface area contributed by atoms with Crippen LogP contribution in [0.2, 0.25) is 0 Å². The van der Waals surface area contributed by atoms with Gasteiger partial charge in [-0.3, -0.25) is 0 Å². The molecule has 0 amide bonds. The Balaban J connectivity index is 1.81. The molecule has 2 unspecified atom stereocenters. The Labute approximate surface area is 182 Å². The van der Waals surface area contributed by atoms with Gasteiger partial charge in [0.2, 0.25) is 0 Å². The molecule has 4 nitrogen and oxygen atoms in total. The van der Waals surface area contributed by atoms with E-state index in [2.05, 4.69) is 16.9 Å². The van der Waals surface area contributed by atoms with Gasteiger partial charge in [-0.05, 0) is 51.0 Å². The van der Waals surface area contributed by atoms with Gasteiger partial charge in [0, 0.05) is 26.1 Å². The molecule has 31 heavy (non-hydrogen) atoms. The summed E-state index contributed by atoms with van der Waals surface area (Å²) in [7, 11) is 1.68. The van der Waals surface area contributed by atoms with Crippen LogP contribution in [0.3, 0.4) is 0 Å². The molecule has 170 valence electrons. The SMILES string of the molecule is COC(C)(C)CC(C)Cc1ncnc(N2CCCC2c2ccc(C(C)(F)F)cc2)c1F. The van der Waals surface area contributed by atoms with E-state index in [1.54, 1.807) is 19.2 Å². The van der Waals surface area contributed by atoms with Crippen molar-refractivity contribution < 1.29 is 17.9 Å². The van der Waals surface area contributed by atoms with Crippen molar-refractivity contribution in [2.24, 2.45) is 5.92 Å². The average Bonchev–Trinajstić information content (AvgIpc) is 3.18. The molecule has 2 aromatic rings. The van der Waals surface area contributed by atoms with Crippen LogP contribution in [0.15, 0.2) is 30.6 Å². The van der Waals surface area contributed by atoms with Gasteiger partial charge >= 0.3 is 0 Å². The van der Waals surface area contributed by atoms with Crippen LogP contribution in [-0.2, 0) is 17.1 Å². The number of anilines is 1. The molecule has 1 aromatic carbocycles. The Morgan fingerprint density at radius 3 is 2.45 bits per heavy atom. The number of nitrogens with zero attached hydrogens (tertiary/aromatic N) is 3. The van der Waals surface area contributed by atoms with Crippen LogP contribution in [0, 0.1) is 11.7 Å². The van der Waals surface area contributed by atoms with Gasteiger partial charge in [0.1, 0.15) is 6.33 Å². The third-order valence-electron chi connectivity index (χ3n) is 6.10. The van der Waals surface area contributed by atoms with Gasteiger partial charge in [-0.2, -0.15) is 0 Å². The van der Waals surface area contributed by atoms with Crippen LogP contribution >= 0.6 is 0 Å². The molecule has 0 bridgehead atoms. The van der Waals surface area contributed by atoms with E-state index in [1.165, 1.54) is 18.5 Å². The molecule has 0 spiro atoms. The molecule has 1 aromatic heterocycles. The lowest BCUT2D eigenvalue weighted by molar-refractivity contribution is 0.00373. The Bertz CT molecular complexity index is 881. The number of hydrogen-bond donors (Lipinski definition) is 0. The van der Waals surface area contributed by atoms with E-state index in [0.29, 0.717) is 18.7 Å². The first kappa shape index (κ1) is 23.5. The van der Waals surface area contributed by atoms with Crippen molar-refractivity contribution in [1.29, 1.82) is 0 Å². The van der Waals surface area contributed by atoms with Crippen LogP contribution < -0.4 is 4.90 Å². The van der Waals surface area contributed by atoms with Crippen molar-refractivity contribution in [1.82, 2.24) is 9.97 Å². The van der Waals surface area contributed by atoms with E-state index in [1.807, 2.05) is 18.7 Å². The highest BCUT2D eigenvalue weighted by Gasteiger charge is 2.31. The van der Waals surface area contributed by atoms with Crippen LogP contribution in [0.25, 0.3) is 0 Å². The minimum atomic E-state index is -2.88. The summed E-state index contributed by atoms with van der Waals surface area (Å²) in [6.07, 6.45) is 4.39. The molecule has 2 heterocycles. The van der Waals surface area contributed by atoms with E-state index < -0.39 is 11.7 Å². The monoisotopic (exact) mass is 435 g/mol. The molecule has 1 fully saturated rings. The number of ether oxygens (including phenoxy) is 1. The normalized spacial score (nSPS) is 18.5. The fourth-order valence-corrected chi connectivity index (χ4v) is 4.43. The maximum atomic E-state index is 15.4. The number of aromatic nitrogens is 2. The molecule has 1 aliphatic rings. The summed E-state index contributed by atoms with van der Waals surface area (Å²) >= 11 is 0. The number of alkyl halides is 2. The molecule has 2 atom stereocenters. The number of halogens is 3. The molecule has 0 N–H and O–H groups in total. The summed E-state index contributed by atoms with van der Waals surface area (Å²) in [5.74, 6) is -2.80. The molecular weight excluding hydrogens is 403 g/mol. The molecule has 0 radical (unpaired) electrons. The highest BCUT2D eigenvalue weighted by Crippen LogP contribution is 2.38. The van der Waals surface area contributed by atoms with E-state index in [0.717, 1.165) is 31.7 Å². The average molecular weight is 436 g/mol. The van der Waals surface area contributed by atoms with Crippen molar-refractivity contribution in [3.05, 3.63) is 53.2 Å². The number of rotatable bonds is 8. The first-order valence-electron chi connectivity index (χ1n) is 10.8. The second kappa shape index (κ2) is 9.15. The van der Waals surface area contributed by atoms with Gasteiger partial charge in [-0.1, -0.05) is 31.2 Å². The van der Waals surface area contributed by atoms with Crippen molar-refractivity contribution in [2.75, 3.05) is 18.6 Å². The molecule has 0 saturated carbocycles. The lowest BCUT2D eigenvalue weighted by Crippen LogP contribution is -2.27. The van der Waals surface area contributed by atoms with Gasteiger partial charge in [-0.15, -0.1) is 0 Å². The maximum Gasteiger partial charge on any atom is 0.270 e. The Morgan fingerprint density at radius 1 is 1.16 bits per heavy atom. The summed E-state index contributed by atoms with van der Waals surface area (Å²) in [4.78, 5) is 10.4. The maximum absolute atomic E-state index is 15.4. The zero-order valence-corrected chi connectivity index (χ0v) is 19.0. The van der Waals surface area contributed by atoms with Crippen LogP contribution in [0.1, 0.15) is 69.8 Å². The lowest BCUT2D eigenvalue weighted by Gasteiger charge is -2.28. The van der Waals surface area contributed by atoms with E-state index in [9.17, 15) is 8.78 Å². The first-order valence-corrected chi connectivity index (χ1v) is 10.8. The molecule has 0 aliphatic carbocycles. The number of methoxy groups -OCH3 is 1. The third-order valence-corrected chi connectivity index (χ3v) is 6.10. The molecule has 7 heteroatoms. The van der Waals surface area contributed by atoms with E-state index in [4.69, 9.17) is 4.74 Å². The second-order valence-corrected chi connectivity index (χ2v) is 9.30. The predicted molar refractivity (Wildman–Crippen MR) is 116 cm³/mol. The minimum absolute atomic E-state index is 0.0238. The zero-order chi connectivity index (χ0) is 22.8. The summed E-state index contributed by atoms with van der Waals surface area (Å²) < 4.78 is 48.0. The van der Waals surface area contributed by atoms with E-state index in [-0.39, 0.29) is 28.9 Å². The molecule has 1 aliphatic heterocycles. The summed E-state index contributed by atoms with van der Waals surface area (Å²) in [6, 6.07) is 6.23. The van der Waals surface area contributed by atoms with Gasteiger partial charge < -0.3 is 9.64 Å². The summed E-state index contributed by atoms with van der Waals surface area (Å²) in [6.45, 7) is 7.64. The highest BCUT2D eigenvalue weighted by molar-refractivity contribution is 5.46.